The van der Waals surface area contributed by atoms with Gasteiger partial charge in [-0.25, -0.2) is 4.79 Å². The number of piperidine rings is 1. The molecule has 4 rings (SSSR count). The number of aromatic nitrogens is 1. The molecular formula is C18H18N2O4S. The third-order valence-corrected chi connectivity index (χ3v) is 6.19. The van der Waals surface area contributed by atoms with Crippen molar-refractivity contribution < 1.29 is 19.4 Å². The molecule has 1 N–H and O–H groups in total. The van der Waals surface area contributed by atoms with Gasteiger partial charge in [-0.3, -0.25) is 9.78 Å². The SMILES string of the molecule is O=C(O)c1cc2c(s1)CCOC21CCN(C(=O)c2ccncc2)CC1. The normalized spacial score (nSPS) is 18.8. The lowest BCUT2D eigenvalue weighted by atomic mass is 9.82. The average molecular weight is 358 g/mol. The highest BCUT2D eigenvalue weighted by Crippen LogP contribution is 2.44. The van der Waals surface area contributed by atoms with Crippen molar-refractivity contribution in [3.63, 3.8) is 0 Å². The Kier molecular flexibility index (Phi) is 4.05. The number of hydrogen-bond donors (Lipinski definition) is 1. The van der Waals surface area contributed by atoms with Gasteiger partial charge in [-0.15, -0.1) is 11.3 Å². The van der Waals surface area contributed by atoms with Crippen LogP contribution in [-0.2, 0) is 16.8 Å². The number of carbonyl (C=O) groups excluding carboxylic acids is 1. The Hall–Kier alpha value is -2.25. The van der Waals surface area contributed by atoms with Crippen LogP contribution in [0.25, 0.3) is 0 Å². The molecule has 0 saturated carbocycles. The average Bonchev–Trinajstić information content (AvgIpc) is 3.09. The molecule has 1 spiro atoms. The van der Waals surface area contributed by atoms with E-state index in [4.69, 9.17) is 4.74 Å². The van der Waals surface area contributed by atoms with E-state index in [1.807, 2.05) is 4.90 Å². The summed E-state index contributed by atoms with van der Waals surface area (Å²) in [5, 5.41) is 9.27. The molecule has 2 aromatic heterocycles. The lowest BCUT2D eigenvalue weighted by molar-refractivity contribution is -0.0926. The van der Waals surface area contributed by atoms with E-state index in [1.54, 1.807) is 30.6 Å². The number of hydrogen-bond acceptors (Lipinski definition) is 5. The first-order valence-electron chi connectivity index (χ1n) is 8.29. The van der Waals surface area contributed by atoms with E-state index < -0.39 is 11.6 Å². The third kappa shape index (κ3) is 2.83. The number of thiophene rings is 1. The minimum Gasteiger partial charge on any atom is -0.477 e. The Bertz CT molecular complexity index is 810. The summed E-state index contributed by atoms with van der Waals surface area (Å²) in [6.07, 6.45) is 5.37. The first-order chi connectivity index (χ1) is 12.1. The molecule has 4 heterocycles. The summed E-state index contributed by atoms with van der Waals surface area (Å²) >= 11 is 1.35. The van der Waals surface area contributed by atoms with Crippen LogP contribution in [0.15, 0.2) is 30.6 Å². The number of carboxylic acids is 1. The second kappa shape index (κ2) is 6.24. The fraction of sp³-hybridized carbons (Fsp3) is 0.389. The minimum absolute atomic E-state index is 0.00447. The molecule has 2 aliphatic heterocycles. The van der Waals surface area contributed by atoms with Crippen LogP contribution in [0.1, 0.15) is 43.3 Å². The molecule has 0 aliphatic carbocycles. The van der Waals surface area contributed by atoms with Crippen molar-refractivity contribution in [2.75, 3.05) is 19.7 Å². The predicted octanol–water partition coefficient (Wildman–Crippen LogP) is 2.55. The Labute approximate surface area is 149 Å². The van der Waals surface area contributed by atoms with E-state index in [0.717, 1.165) is 16.9 Å². The van der Waals surface area contributed by atoms with Gasteiger partial charge in [0.25, 0.3) is 5.91 Å². The predicted molar refractivity (Wildman–Crippen MR) is 92.0 cm³/mol. The fourth-order valence-electron chi connectivity index (χ4n) is 3.68. The molecule has 0 bridgehead atoms. The van der Waals surface area contributed by atoms with Gasteiger partial charge in [0.15, 0.2) is 0 Å². The van der Waals surface area contributed by atoms with Gasteiger partial charge in [-0.05, 0) is 36.6 Å². The zero-order valence-corrected chi connectivity index (χ0v) is 14.4. The lowest BCUT2D eigenvalue weighted by Crippen LogP contribution is -2.48. The van der Waals surface area contributed by atoms with Gasteiger partial charge in [-0.2, -0.15) is 0 Å². The van der Waals surface area contributed by atoms with Crippen LogP contribution in [0.5, 0.6) is 0 Å². The largest absolute Gasteiger partial charge is 0.477 e. The van der Waals surface area contributed by atoms with E-state index in [-0.39, 0.29) is 5.91 Å². The maximum atomic E-state index is 12.6. The number of ether oxygens (including phenoxy) is 1. The highest BCUT2D eigenvalue weighted by Gasteiger charge is 2.43. The monoisotopic (exact) mass is 358 g/mol. The molecule has 2 aliphatic rings. The highest BCUT2D eigenvalue weighted by molar-refractivity contribution is 7.14. The molecular weight excluding hydrogens is 340 g/mol. The van der Waals surface area contributed by atoms with Crippen molar-refractivity contribution in [1.29, 1.82) is 0 Å². The Morgan fingerprint density at radius 2 is 1.96 bits per heavy atom. The molecule has 25 heavy (non-hydrogen) atoms. The summed E-state index contributed by atoms with van der Waals surface area (Å²) in [6, 6.07) is 5.21. The topological polar surface area (TPSA) is 79.7 Å². The molecule has 1 amide bonds. The standard InChI is InChI=1S/C18H18N2O4S/c21-16(12-1-6-19-7-2-12)20-8-4-18(5-9-20)13-11-15(17(22)23)25-14(13)3-10-24-18/h1-2,6-7,11H,3-5,8-10H2,(H,22,23). The zero-order valence-electron chi connectivity index (χ0n) is 13.6. The summed E-state index contributed by atoms with van der Waals surface area (Å²) < 4.78 is 6.13. The first kappa shape index (κ1) is 16.2. The van der Waals surface area contributed by atoms with Crippen LogP contribution < -0.4 is 0 Å². The van der Waals surface area contributed by atoms with Crippen LogP contribution in [0.4, 0.5) is 0 Å². The lowest BCUT2D eigenvalue weighted by Gasteiger charge is -2.44. The van der Waals surface area contributed by atoms with Crippen LogP contribution in [0.2, 0.25) is 0 Å². The maximum absolute atomic E-state index is 12.6. The Morgan fingerprint density at radius 1 is 1.24 bits per heavy atom. The third-order valence-electron chi connectivity index (χ3n) is 5.00. The van der Waals surface area contributed by atoms with E-state index in [0.29, 0.717) is 43.0 Å². The van der Waals surface area contributed by atoms with E-state index in [9.17, 15) is 14.7 Å². The summed E-state index contributed by atoms with van der Waals surface area (Å²) in [5.41, 5.74) is 1.20. The second-order valence-electron chi connectivity index (χ2n) is 6.37. The van der Waals surface area contributed by atoms with Crippen molar-refractivity contribution in [2.24, 2.45) is 0 Å². The fourth-order valence-corrected chi connectivity index (χ4v) is 4.75. The van der Waals surface area contributed by atoms with Gasteiger partial charge in [0, 0.05) is 42.3 Å². The van der Waals surface area contributed by atoms with Crippen LogP contribution in [0.3, 0.4) is 0 Å². The number of carbonyl (C=O) groups is 2. The van der Waals surface area contributed by atoms with Gasteiger partial charge in [0.1, 0.15) is 4.88 Å². The maximum Gasteiger partial charge on any atom is 0.345 e. The molecule has 0 unspecified atom stereocenters. The van der Waals surface area contributed by atoms with E-state index in [1.165, 1.54) is 11.3 Å². The molecule has 130 valence electrons. The van der Waals surface area contributed by atoms with Crippen LogP contribution >= 0.6 is 11.3 Å². The first-order valence-corrected chi connectivity index (χ1v) is 9.10. The Balaban J connectivity index is 1.54. The number of aromatic carboxylic acids is 1. The van der Waals surface area contributed by atoms with Crippen LogP contribution in [0, 0.1) is 0 Å². The van der Waals surface area contributed by atoms with Gasteiger partial charge >= 0.3 is 5.97 Å². The van der Waals surface area contributed by atoms with Crippen molar-refractivity contribution in [3.05, 3.63) is 51.5 Å². The molecule has 0 aromatic carbocycles. The van der Waals surface area contributed by atoms with Crippen molar-refractivity contribution in [2.45, 2.75) is 24.9 Å². The Morgan fingerprint density at radius 3 is 2.64 bits per heavy atom. The van der Waals surface area contributed by atoms with E-state index in [2.05, 4.69) is 4.98 Å². The number of fused-ring (bicyclic) bond motifs is 2. The number of nitrogens with zero attached hydrogens (tertiary/aromatic N) is 2. The van der Waals surface area contributed by atoms with Gasteiger partial charge < -0.3 is 14.7 Å². The molecule has 7 heteroatoms. The molecule has 0 atom stereocenters. The van der Waals surface area contributed by atoms with Crippen molar-refractivity contribution >= 4 is 23.2 Å². The summed E-state index contributed by atoms with van der Waals surface area (Å²) in [7, 11) is 0. The zero-order chi connectivity index (χ0) is 17.4. The van der Waals surface area contributed by atoms with E-state index >= 15 is 0 Å². The van der Waals surface area contributed by atoms with Crippen molar-refractivity contribution in [3.8, 4) is 0 Å². The number of rotatable bonds is 2. The summed E-state index contributed by atoms with van der Waals surface area (Å²) in [6.45, 7) is 1.79. The minimum atomic E-state index is -0.889. The van der Waals surface area contributed by atoms with Gasteiger partial charge in [-0.1, -0.05) is 0 Å². The number of likely N-dealkylation sites (tertiary alicyclic amines) is 1. The van der Waals surface area contributed by atoms with Crippen LogP contribution in [-0.4, -0.2) is 46.6 Å². The van der Waals surface area contributed by atoms with Gasteiger partial charge in [0.2, 0.25) is 0 Å². The summed E-state index contributed by atoms with van der Waals surface area (Å²) in [5.74, 6) is -0.885. The molecule has 2 aromatic rings. The molecule has 1 saturated heterocycles. The number of pyridine rings is 1. The molecule has 6 nitrogen and oxygen atoms in total. The second-order valence-corrected chi connectivity index (χ2v) is 7.51. The quantitative estimate of drug-likeness (QED) is 0.892. The summed E-state index contributed by atoms with van der Waals surface area (Å²) in [4.78, 5) is 31.1. The number of amides is 1. The van der Waals surface area contributed by atoms with Gasteiger partial charge in [0.05, 0.1) is 12.2 Å². The molecule has 0 radical (unpaired) electrons. The van der Waals surface area contributed by atoms with Crippen molar-refractivity contribution in [1.82, 2.24) is 9.88 Å². The molecule has 1 fully saturated rings. The number of carboxylic acid groups (broad SMARTS) is 1. The smallest absolute Gasteiger partial charge is 0.345 e. The highest BCUT2D eigenvalue weighted by atomic mass is 32.1.